The van der Waals surface area contributed by atoms with Crippen LogP contribution in [0.15, 0.2) is 59.0 Å². The lowest BCUT2D eigenvalue weighted by Crippen LogP contribution is -2.12. The first kappa shape index (κ1) is 17.4. The minimum atomic E-state index is -0.465. The maximum absolute atomic E-state index is 12.5. The molecule has 132 valence electrons. The van der Waals surface area contributed by atoms with Crippen molar-refractivity contribution in [2.45, 2.75) is 20.3 Å². The molecular weight excluding hydrogens is 332 g/mol. The maximum atomic E-state index is 12.5. The van der Waals surface area contributed by atoms with Gasteiger partial charge in [-0.3, -0.25) is 14.9 Å². The topological polar surface area (TPSA) is 85.4 Å². The second-order valence-electron chi connectivity index (χ2n) is 5.89. The van der Waals surface area contributed by atoms with Gasteiger partial charge < -0.3 is 9.73 Å². The Bertz CT molecular complexity index is 958. The van der Waals surface area contributed by atoms with E-state index in [1.807, 2.05) is 24.3 Å². The highest BCUT2D eigenvalue weighted by atomic mass is 16.6. The van der Waals surface area contributed by atoms with Crippen molar-refractivity contribution in [1.82, 2.24) is 0 Å². The van der Waals surface area contributed by atoms with Crippen LogP contribution in [0, 0.1) is 17.0 Å². The van der Waals surface area contributed by atoms with E-state index in [1.54, 1.807) is 25.1 Å². The van der Waals surface area contributed by atoms with Gasteiger partial charge in [-0.25, -0.2) is 0 Å². The molecule has 0 spiro atoms. The van der Waals surface area contributed by atoms with E-state index < -0.39 is 4.92 Å². The summed E-state index contributed by atoms with van der Waals surface area (Å²) in [7, 11) is 0. The molecule has 1 heterocycles. The fourth-order valence-corrected chi connectivity index (χ4v) is 2.64. The number of carbonyl (C=O) groups excluding carboxylic acids is 1. The molecule has 0 atom stereocenters. The second-order valence-corrected chi connectivity index (χ2v) is 5.89. The minimum absolute atomic E-state index is 0.0291. The van der Waals surface area contributed by atoms with Crippen molar-refractivity contribution in [2.24, 2.45) is 0 Å². The molecule has 1 N–H and O–H groups in total. The van der Waals surface area contributed by atoms with E-state index in [0.29, 0.717) is 28.3 Å². The number of benzene rings is 2. The van der Waals surface area contributed by atoms with Crippen LogP contribution in [0.25, 0.3) is 11.3 Å². The van der Waals surface area contributed by atoms with Crippen molar-refractivity contribution in [3.05, 3.63) is 81.6 Å². The molecule has 3 rings (SSSR count). The van der Waals surface area contributed by atoms with Crippen molar-refractivity contribution in [1.29, 1.82) is 0 Å². The fourth-order valence-electron chi connectivity index (χ4n) is 2.64. The van der Waals surface area contributed by atoms with Gasteiger partial charge in [-0.1, -0.05) is 31.2 Å². The van der Waals surface area contributed by atoms with E-state index in [4.69, 9.17) is 4.42 Å². The molecule has 1 amide bonds. The number of aryl methyl sites for hydroxylation is 2. The Balaban J connectivity index is 1.84. The van der Waals surface area contributed by atoms with Crippen molar-refractivity contribution in [3.63, 3.8) is 0 Å². The number of amides is 1. The summed E-state index contributed by atoms with van der Waals surface area (Å²) < 4.78 is 5.65. The van der Waals surface area contributed by atoms with Gasteiger partial charge in [-0.15, -0.1) is 0 Å². The molecule has 0 radical (unpaired) electrons. The number of nitrogens with one attached hydrogen (secondary N) is 1. The molecule has 0 aliphatic heterocycles. The van der Waals surface area contributed by atoms with Crippen LogP contribution in [0.1, 0.15) is 28.6 Å². The summed E-state index contributed by atoms with van der Waals surface area (Å²) >= 11 is 0. The number of hydrogen-bond acceptors (Lipinski definition) is 4. The molecular formula is C20H18N2O4. The summed E-state index contributed by atoms with van der Waals surface area (Å²) in [5.41, 5.74) is 2.80. The fraction of sp³-hybridized carbons (Fsp3) is 0.150. The maximum Gasteiger partial charge on any atom is 0.270 e. The van der Waals surface area contributed by atoms with Crippen molar-refractivity contribution >= 4 is 17.3 Å². The van der Waals surface area contributed by atoms with Crippen LogP contribution in [0.3, 0.4) is 0 Å². The first-order valence-corrected chi connectivity index (χ1v) is 8.23. The van der Waals surface area contributed by atoms with Gasteiger partial charge in [0.1, 0.15) is 11.5 Å². The van der Waals surface area contributed by atoms with Crippen LogP contribution in [0.5, 0.6) is 0 Å². The number of furan rings is 1. The quantitative estimate of drug-likeness (QED) is 0.519. The Kier molecular flexibility index (Phi) is 4.84. The third-order valence-electron chi connectivity index (χ3n) is 4.12. The highest BCUT2D eigenvalue weighted by Crippen LogP contribution is 2.28. The van der Waals surface area contributed by atoms with Crippen LogP contribution < -0.4 is 5.32 Å². The van der Waals surface area contributed by atoms with E-state index in [2.05, 4.69) is 12.2 Å². The molecule has 0 bridgehead atoms. The number of carbonyl (C=O) groups is 1. The van der Waals surface area contributed by atoms with E-state index in [1.165, 1.54) is 17.7 Å². The molecule has 0 saturated heterocycles. The standard InChI is InChI=1S/C20H18N2O4/c1-3-14-7-9-16(10-8-14)21-20(23)18-12-19(26-13(18)2)15-5-4-6-17(11-15)22(24)25/h4-12H,3H2,1-2H3,(H,21,23). The smallest absolute Gasteiger partial charge is 0.270 e. The number of nitrogens with zero attached hydrogens (tertiary/aromatic N) is 1. The van der Waals surface area contributed by atoms with Crippen LogP contribution in [0.4, 0.5) is 11.4 Å². The number of anilines is 1. The van der Waals surface area contributed by atoms with Gasteiger partial charge >= 0.3 is 0 Å². The monoisotopic (exact) mass is 350 g/mol. The molecule has 6 nitrogen and oxygen atoms in total. The second kappa shape index (κ2) is 7.23. The highest BCUT2D eigenvalue weighted by Gasteiger charge is 2.17. The zero-order valence-corrected chi connectivity index (χ0v) is 14.5. The third-order valence-corrected chi connectivity index (χ3v) is 4.12. The SMILES string of the molecule is CCc1ccc(NC(=O)c2cc(-c3cccc([N+](=O)[O-])c3)oc2C)cc1. The molecule has 0 fully saturated rings. The van der Waals surface area contributed by atoms with Crippen molar-refractivity contribution in [3.8, 4) is 11.3 Å². The summed E-state index contributed by atoms with van der Waals surface area (Å²) in [4.78, 5) is 23.0. The molecule has 1 aromatic heterocycles. The number of non-ortho nitro benzene ring substituents is 1. The molecule has 0 aliphatic carbocycles. The Morgan fingerprint density at radius 1 is 1.15 bits per heavy atom. The Morgan fingerprint density at radius 2 is 1.88 bits per heavy atom. The van der Waals surface area contributed by atoms with E-state index in [9.17, 15) is 14.9 Å². The summed E-state index contributed by atoms with van der Waals surface area (Å²) in [6.07, 6.45) is 0.932. The van der Waals surface area contributed by atoms with Gasteiger partial charge in [0.05, 0.1) is 10.5 Å². The third kappa shape index (κ3) is 3.64. The summed E-state index contributed by atoms with van der Waals surface area (Å²) in [5.74, 6) is 0.582. The molecule has 2 aromatic carbocycles. The Hall–Kier alpha value is -3.41. The van der Waals surface area contributed by atoms with E-state index in [0.717, 1.165) is 6.42 Å². The molecule has 0 unspecified atom stereocenters. The van der Waals surface area contributed by atoms with Gasteiger partial charge in [0.25, 0.3) is 11.6 Å². The average molecular weight is 350 g/mol. The molecule has 26 heavy (non-hydrogen) atoms. The predicted octanol–water partition coefficient (Wildman–Crippen LogP) is 4.98. The van der Waals surface area contributed by atoms with Gasteiger partial charge in [0, 0.05) is 23.4 Å². The molecule has 6 heteroatoms. The molecule has 3 aromatic rings. The lowest BCUT2D eigenvalue weighted by Gasteiger charge is -2.05. The van der Waals surface area contributed by atoms with Gasteiger partial charge in [-0.05, 0) is 37.1 Å². The summed E-state index contributed by atoms with van der Waals surface area (Å²) in [6, 6.07) is 15.4. The predicted molar refractivity (Wildman–Crippen MR) is 99.3 cm³/mol. The Labute approximate surface area is 150 Å². The van der Waals surface area contributed by atoms with Gasteiger partial charge in [-0.2, -0.15) is 0 Å². The number of nitro benzene ring substituents is 1. The largest absolute Gasteiger partial charge is 0.461 e. The van der Waals surface area contributed by atoms with Crippen molar-refractivity contribution in [2.75, 3.05) is 5.32 Å². The first-order valence-electron chi connectivity index (χ1n) is 8.23. The highest BCUT2D eigenvalue weighted by molar-refractivity contribution is 6.05. The number of hydrogen-bond donors (Lipinski definition) is 1. The molecule has 0 saturated carbocycles. The number of nitro groups is 1. The molecule has 0 aliphatic rings. The van der Waals surface area contributed by atoms with E-state index >= 15 is 0 Å². The van der Waals surface area contributed by atoms with Gasteiger partial charge in [0.15, 0.2) is 0 Å². The van der Waals surface area contributed by atoms with Crippen molar-refractivity contribution < 1.29 is 14.1 Å². The van der Waals surface area contributed by atoms with Crippen LogP contribution in [0.2, 0.25) is 0 Å². The summed E-state index contributed by atoms with van der Waals surface area (Å²) in [6.45, 7) is 3.76. The van der Waals surface area contributed by atoms with Crippen LogP contribution in [-0.4, -0.2) is 10.8 Å². The number of rotatable bonds is 5. The first-order chi connectivity index (χ1) is 12.5. The lowest BCUT2D eigenvalue weighted by atomic mass is 10.1. The Morgan fingerprint density at radius 3 is 2.54 bits per heavy atom. The minimum Gasteiger partial charge on any atom is -0.461 e. The van der Waals surface area contributed by atoms with Gasteiger partial charge in [0.2, 0.25) is 0 Å². The zero-order chi connectivity index (χ0) is 18.7. The zero-order valence-electron chi connectivity index (χ0n) is 14.5. The van der Waals surface area contributed by atoms with Crippen LogP contribution in [-0.2, 0) is 6.42 Å². The summed E-state index contributed by atoms with van der Waals surface area (Å²) in [5, 5.41) is 13.8. The average Bonchev–Trinajstić information content (AvgIpc) is 3.04. The normalized spacial score (nSPS) is 10.5. The van der Waals surface area contributed by atoms with Crippen LogP contribution >= 0.6 is 0 Å². The lowest BCUT2D eigenvalue weighted by molar-refractivity contribution is -0.384. The van der Waals surface area contributed by atoms with E-state index in [-0.39, 0.29) is 11.6 Å².